The van der Waals surface area contributed by atoms with Crippen LogP contribution in [0.25, 0.3) is 0 Å². The number of allylic oxidation sites excluding steroid dienone is 1. The number of rotatable bonds is 7. The Hall–Kier alpha value is -1.36. The molecule has 3 saturated carbocycles. The summed E-state index contributed by atoms with van der Waals surface area (Å²) in [6.45, 7) is 14.4. The maximum Gasteiger partial charge on any atom is 0.303 e. The molecular weight excluding hydrogens is 452 g/mol. The van der Waals surface area contributed by atoms with Gasteiger partial charge in [0, 0.05) is 25.7 Å². The van der Waals surface area contributed by atoms with Gasteiger partial charge in [-0.25, -0.2) is 0 Å². The van der Waals surface area contributed by atoms with E-state index in [9.17, 15) is 14.7 Å². The molecule has 204 valence electrons. The fourth-order valence-corrected chi connectivity index (χ4v) is 9.51. The molecule has 36 heavy (non-hydrogen) atoms. The van der Waals surface area contributed by atoms with Crippen LogP contribution < -0.4 is 0 Å². The predicted molar refractivity (Wildman–Crippen MR) is 141 cm³/mol. The van der Waals surface area contributed by atoms with Crippen LogP contribution in [0.1, 0.15) is 113 Å². The van der Waals surface area contributed by atoms with Crippen molar-refractivity contribution < 1.29 is 24.2 Å². The second kappa shape index (κ2) is 10.1. The lowest BCUT2D eigenvalue weighted by Crippen LogP contribution is -2.56. The van der Waals surface area contributed by atoms with E-state index in [0.717, 1.165) is 31.6 Å². The van der Waals surface area contributed by atoms with Crippen molar-refractivity contribution in [1.82, 2.24) is 0 Å². The van der Waals surface area contributed by atoms with Gasteiger partial charge in [-0.1, -0.05) is 38.8 Å². The molecule has 1 unspecified atom stereocenters. The fourth-order valence-electron chi connectivity index (χ4n) is 9.51. The molecule has 0 aliphatic heterocycles. The molecule has 5 nitrogen and oxygen atoms in total. The second-order valence-electron chi connectivity index (χ2n) is 13.8. The van der Waals surface area contributed by atoms with Gasteiger partial charge in [-0.3, -0.25) is 9.59 Å². The van der Waals surface area contributed by atoms with E-state index in [-0.39, 0.29) is 29.1 Å². The third kappa shape index (κ3) is 5.02. The van der Waals surface area contributed by atoms with E-state index in [0.29, 0.717) is 35.5 Å². The molecule has 0 saturated heterocycles. The normalized spacial score (nSPS) is 40.8. The molecule has 4 aliphatic rings. The fraction of sp³-hybridized carbons (Fsp3) is 0.871. The first kappa shape index (κ1) is 27.7. The van der Waals surface area contributed by atoms with Gasteiger partial charge < -0.3 is 14.6 Å². The van der Waals surface area contributed by atoms with Crippen LogP contribution in [-0.4, -0.2) is 34.9 Å². The van der Waals surface area contributed by atoms with Crippen molar-refractivity contribution in [2.45, 2.75) is 130 Å². The molecule has 0 aromatic rings. The summed E-state index contributed by atoms with van der Waals surface area (Å²) in [4.78, 5) is 23.4. The van der Waals surface area contributed by atoms with Crippen LogP contribution in [0.5, 0.6) is 0 Å². The lowest BCUT2D eigenvalue weighted by molar-refractivity contribution is -0.167. The van der Waals surface area contributed by atoms with Crippen molar-refractivity contribution in [1.29, 1.82) is 0 Å². The molecule has 4 aliphatic carbocycles. The van der Waals surface area contributed by atoms with Gasteiger partial charge in [-0.05, 0) is 100 Å². The Balaban J connectivity index is 1.47. The topological polar surface area (TPSA) is 72.8 Å². The standard InChI is InChI=1S/C31H50O5/c1-19(9-8-15-29(4,5)36-21(3)33)25-12-13-26-24-11-10-22-17-23(34)18-28(35-20(2)32)31(22,7)27(24)14-16-30(25,26)6/h10,19,23-28,34H,8-9,11-18H2,1-7H3/t19-,23-,24+,25-,26+,27+,28?,30-,31+/m1/s1. The zero-order chi connectivity index (χ0) is 26.5. The van der Waals surface area contributed by atoms with Gasteiger partial charge in [0.1, 0.15) is 11.7 Å². The molecule has 3 fully saturated rings. The first-order valence-corrected chi connectivity index (χ1v) is 14.5. The molecule has 5 heteroatoms. The van der Waals surface area contributed by atoms with Gasteiger partial charge in [-0.2, -0.15) is 0 Å². The van der Waals surface area contributed by atoms with Gasteiger partial charge in [-0.15, -0.1) is 0 Å². The summed E-state index contributed by atoms with van der Waals surface area (Å²) in [6, 6.07) is 0. The maximum absolute atomic E-state index is 12.0. The minimum absolute atomic E-state index is 0.152. The smallest absolute Gasteiger partial charge is 0.303 e. The van der Waals surface area contributed by atoms with E-state index in [4.69, 9.17) is 9.47 Å². The Morgan fingerprint density at radius 3 is 2.53 bits per heavy atom. The van der Waals surface area contributed by atoms with E-state index in [1.807, 2.05) is 13.8 Å². The molecular formula is C31H50O5. The van der Waals surface area contributed by atoms with E-state index < -0.39 is 6.10 Å². The van der Waals surface area contributed by atoms with Gasteiger partial charge in [0.2, 0.25) is 0 Å². The van der Waals surface area contributed by atoms with E-state index >= 15 is 0 Å². The number of ether oxygens (including phenoxy) is 2. The molecule has 1 N–H and O–H groups in total. The number of aliphatic hydroxyl groups is 1. The highest BCUT2D eigenvalue weighted by molar-refractivity contribution is 5.66. The van der Waals surface area contributed by atoms with Crippen LogP contribution in [-0.2, 0) is 19.1 Å². The van der Waals surface area contributed by atoms with E-state index in [1.165, 1.54) is 51.5 Å². The van der Waals surface area contributed by atoms with Gasteiger partial charge in [0.05, 0.1) is 6.10 Å². The Labute approximate surface area is 218 Å². The van der Waals surface area contributed by atoms with Crippen LogP contribution in [0.15, 0.2) is 11.6 Å². The Morgan fingerprint density at radius 2 is 1.86 bits per heavy atom. The summed E-state index contributed by atoms with van der Waals surface area (Å²) >= 11 is 0. The van der Waals surface area contributed by atoms with Crippen molar-refractivity contribution in [2.75, 3.05) is 0 Å². The van der Waals surface area contributed by atoms with Crippen LogP contribution in [0.3, 0.4) is 0 Å². The summed E-state index contributed by atoms with van der Waals surface area (Å²) in [7, 11) is 0. The number of esters is 2. The predicted octanol–water partition coefficient (Wildman–Crippen LogP) is 6.62. The first-order chi connectivity index (χ1) is 16.8. The van der Waals surface area contributed by atoms with Crippen LogP contribution in [0, 0.1) is 40.4 Å². The van der Waals surface area contributed by atoms with Gasteiger partial charge >= 0.3 is 11.9 Å². The van der Waals surface area contributed by atoms with Crippen molar-refractivity contribution in [3.63, 3.8) is 0 Å². The molecule has 0 radical (unpaired) electrons. The average molecular weight is 503 g/mol. The highest BCUT2D eigenvalue weighted by Crippen LogP contribution is 2.67. The highest BCUT2D eigenvalue weighted by Gasteiger charge is 2.61. The van der Waals surface area contributed by atoms with E-state index in [2.05, 4.69) is 26.8 Å². The minimum Gasteiger partial charge on any atom is -0.462 e. The van der Waals surface area contributed by atoms with Crippen LogP contribution in [0.4, 0.5) is 0 Å². The number of aliphatic hydroxyl groups excluding tert-OH is 1. The number of carbonyl (C=O) groups is 2. The lowest BCUT2D eigenvalue weighted by atomic mass is 9.46. The first-order valence-electron chi connectivity index (χ1n) is 14.5. The summed E-state index contributed by atoms with van der Waals surface area (Å²) in [5, 5.41) is 10.5. The van der Waals surface area contributed by atoms with Crippen LogP contribution in [0.2, 0.25) is 0 Å². The van der Waals surface area contributed by atoms with Crippen molar-refractivity contribution in [2.24, 2.45) is 40.4 Å². The quantitative estimate of drug-likeness (QED) is 0.313. The summed E-state index contributed by atoms with van der Waals surface area (Å²) in [5.41, 5.74) is 1.15. The van der Waals surface area contributed by atoms with Crippen molar-refractivity contribution in [3.05, 3.63) is 11.6 Å². The molecule has 0 spiro atoms. The van der Waals surface area contributed by atoms with Crippen molar-refractivity contribution >= 4 is 11.9 Å². The summed E-state index contributed by atoms with van der Waals surface area (Å²) < 4.78 is 11.4. The zero-order valence-corrected chi connectivity index (χ0v) is 23.8. The molecule has 0 aromatic carbocycles. The van der Waals surface area contributed by atoms with Crippen molar-refractivity contribution in [3.8, 4) is 0 Å². The van der Waals surface area contributed by atoms with E-state index in [1.54, 1.807) is 0 Å². The largest absolute Gasteiger partial charge is 0.462 e. The van der Waals surface area contributed by atoms with Crippen LogP contribution >= 0.6 is 0 Å². The molecule has 9 atom stereocenters. The highest BCUT2D eigenvalue weighted by atomic mass is 16.6. The SMILES string of the molecule is CC(=O)OC1C[C@H](O)CC2=CC[C@H]3[C@@H]4CC[C@H]([C@H](C)CCCC(C)(C)OC(C)=O)[C@@]4(C)CC[C@@H]3[C@]21C. The Kier molecular flexibility index (Phi) is 7.74. The third-order valence-electron chi connectivity index (χ3n) is 11.1. The average Bonchev–Trinajstić information content (AvgIpc) is 3.10. The second-order valence-corrected chi connectivity index (χ2v) is 13.8. The number of hydrogen-bond donors (Lipinski definition) is 1. The lowest BCUT2D eigenvalue weighted by Gasteiger charge is -2.60. The molecule has 0 aromatic heterocycles. The number of carbonyl (C=O) groups excluding carboxylic acids is 2. The number of hydrogen-bond acceptors (Lipinski definition) is 5. The zero-order valence-electron chi connectivity index (χ0n) is 23.8. The van der Waals surface area contributed by atoms with Gasteiger partial charge in [0.15, 0.2) is 0 Å². The monoisotopic (exact) mass is 502 g/mol. The Bertz CT molecular complexity index is 876. The minimum atomic E-state index is -0.415. The third-order valence-corrected chi connectivity index (χ3v) is 11.1. The maximum atomic E-state index is 12.0. The molecule has 0 heterocycles. The summed E-state index contributed by atoms with van der Waals surface area (Å²) in [6.07, 6.45) is 12.4. The summed E-state index contributed by atoms with van der Waals surface area (Å²) in [5.74, 6) is 2.82. The van der Waals surface area contributed by atoms with Gasteiger partial charge in [0.25, 0.3) is 0 Å². The number of fused-ring (bicyclic) bond motifs is 5. The molecule has 4 rings (SSSR count). The Morgan fingerprint density at radius 1 is 1.14 bits per heavy atom. The molecule has 0 amide bonds. The molecule has 0 bridgehead atoms.